The van der Waals surface area contributed by atoms with Crippen molar-refractivity contribution in [1.29, 1.82) is 0 Å². The van der Waals surface area contributed by atoms with Gasteiger partial charge in [0.05, 0.1) is 0 Å². The molecule has 2 heteroatoms. The minimum atomic E-state index is 0.786. The van der Waals surface area contributed by atoms with Crippen LogP contribution in [0.15, 0.2) is 0 Å². The molecular formula is C12H26N2. The van der Waals surface area contributed by atoms with E-state index in [1.54, 1.807) is 0 Å². The fourth-order valence-electron chi connectivity index (χ4n) is 1.64. The minimum absolute atomic E-state index is 0.786. The first-order valence-corrected chi connectivity index (χ1v) is 6.06. The third-order valence-electron chi connectivity index (χ3n) is 3.38. The number of rotatable bonds is 2. The summed E-state index contributed by atoms with van der Waals surface area (Å²) in [5, 5.41) is 3.24. The molecule has 1 N–H and O–H groups in total. The van der Waals surface area contributed by atoms with Crippen molar-refractivity contribution < 1.29 is 0 Å². The molecule has 2 aliphatic heterocycles. The van der Waals surface area contributed by atoms with E-state index >= 15 is 0 Å². The molecule has 0 aromatic carbocycles. The Bertz CT molecular complexity index is 128. The van der Waals surface area contributed by atoms with E-state index in [2.05, 4.69) is 37.9 Å². The van der Waals surface area contributed by atoms with Gasteiger partial charge in [-0.05, 0) is 58.3 Å². The number of nitrogens with one attached hydrogen (secondary N) is 1. The highest BCUT2D eigenvalue weighted by Crippen LogP contribution is 2.13. The zero-order valence-electron chi connectivity index (χ0n) is 10.2. The third kappa shape index (κ3) is 3.58. The minimum Gasteiger partial charge on any atom is -0.316 e. The van der Waals surface area contributed by atoms with Gasteiger partial charge in [-0.1, -0.05) is 13.8 Å². The summed E-state index contributed by atoms with van der Waals surface area (Å²) in [7, 11) is 0. The first kappa shape index (κ1) is 12.0. The lowest BCUT2D eigenvalue weighted by Crippen LogP contribution is -2.44. The molecule has 2 fully saturated rings. The van der Waals surface area contributed by atoms with Crippen LogP contribution in [0.4, 0.5) is 0 Å². The summed E-state index contributed by atoms with van der Waals surface area (Å²) in [4.78, 5) is 2.47. The molecule has 0 bridgehead atoms. The number of likely N-dealkylation sites (tertiary alicyclic amines) is 1. The van der Waals surface area contributed by atoms with E-state index in [9.17, 15) is 0 Å². The van der Waals surface area contributed by atoms with E-state index < -0.39 is 0 Å². The molecule has 2 aliphatic rings. The van der Waals surface area contributed by atoms with Crippen LogP contribution in [0.5, 0.6) is 0 Å². The predicted molar refractivity (Wildman–Crippen MR) is 62.5 cm³/mol. The fraction of sp³-hybridized carbons (Fsp3) is 1.00. The van der Waals surface area contributed by atoms with Crippen molar-refractivity contribution in [2.75, 3.05) is 26.2 Å². The van der Waals surface area contributed by atoms with Crippen LogP contribution in [0.1, 0.15) is 34.1 Å². The molecule has 0 radical (unpaired) electrons. The third-order valence-corrected chi connectivity index (χ3v) is 3.38. The molecule has 0 atom stereocenters. The van der Waals surface area contributed by atoms with Crippen molar-refractivity contribution in [2.45, 2.75) is 40.2 Å². The van der Waals surface area contributed by atoms with Gasteiger partial charge in [0.1, 0.15) is 0 Å². The molecule has 0 aliphatic carbocycles. The van der Waals surface area contributed by atoms with Gasteiger partial charge in [-0.15, -0.1) is 0 Å². The van der Waals surface area contributed by atoms with Gasteiger partial charge < -0.3 is 10.2 Å². The van der Waals surface area contributed by atoms with Gasteiger partial charge in [-0.25, -0.2) is 0 Å². The van der Waals surface area contributed by atoms with Crippen LogP contribution >= 0.6 is 0 Å². The Balaban J connectivity index is 0.000000140. The molecule has 2 heterocycles. The molecule has 2 nitrogen and oxygen atoms in total. The zero-order chi connectivity index (χ0) is 10.6. The van der Waals surface area contributed by atoms with Gasteiger partial charge in [0.2, 0.25) is 0 Å². The normalized spacial score (nSPS) is 22.7. The summed E-state index contributed by atoms with van der Waals surface area (Å²) in [5.41, 5.74) is 0. The molecule has 0 saturated carbocycles. The number of hydrogen-bond donors (Lipinski definition) is 1. The second kappa shape index (κ2) is 5.72. The Kier molecular flexibility index (Phi) is 4.90. The van der Waals surface area contributed by atoms with Gasteiger partial charge in [0, 0.05) is 6.04 Å². The Labute approximate surface area is 89.1 Å². The maximum Gasteiger partial charge on any atom is 0.00386 e. The Morgan fingerprint density at radius 2 is 1.64 bits per heavy atom. The standard InChI is InChI=1S/2C6H13N/c1-5(2)6-3-7-4-6;1-6(2)7-4-3-5-7/h5-7H,3-4H2,1-2H3;6H,3-5H2,1-2H3. The SMILES string of the molecule is CC(C)C1CNC1.CC(C)N1CCC1. The number of nitrogens with zero attached hydrogens (tertiary/aromatic N) is 1. The van der Waals surface area contributed by atoms with Crippen LogP contribution in [0.2, 0.25) is 0 Å². The van der Waals surface area contributed by atoms with Crippen molar-refractivity contribution in [1.82, 2.24) is 10.2 Å². The van der Waals surface area contributed by atoms with Gasteiger partial charge >= 0.3 is 0 Å². The van der Waals surface area contributed by atoms with Crippen molar-refractivity contribution in [3.05, 3.63) is 0 Å². The molecule has 0 aromatic heterocycles. The summed E-state index contributed by atoms with van der Waals surface area (Å²) in [6.45, 7) is 14.2. The second-order valence-corrected chi connectivity index (χ2v) is 5.15. The Hall–Kier alpha value is -0.0800. The van der Waals surface area contributed by atoms with Crippen LogP contribution in [-0.4, -0.2) is 37.1 Å². The summed E-state index contributed by atoms with van der Waals surface area (Å²) >= 11 is 0. The second-order valence-electron chi connectivity index (χ2n) is 5.15. The topological polar surface area (TPSA) is 15.3 Å². The average Bonchev–Trinajstić information content (AvgIpc) is 1.74. The van der Waals surface area contributed by atoms with E-state index in [1.807, 2.05) is 0 Å². The Morgan fingerprint density at radius 1 is 1.07 bits per heavy atom. The number of hydrogen-bond acceptors (Lipinski definition) is 2. The van der Waals surface area contributed by atoms with Gasteiger partial charge in [-0.2, -0.15) is 0 Å². The fourth-order valence-corrected chi connectivity index (χ4v) is 1.64. The molecule has 0 unspecified atom stereocenters. The average molecular weight is 198 g/mol. The molecule has 2 rings (SSSR count). The summed E-state index contributed by atoms with van der Waals surface area (Å²) in [6.07, 6.45) is 1.41. The molecule has 2 saturated heterocycles. The first-order chi connectivity index (χ1) is 6.61. The molecule has 0 amide bonds. The zero-order valence-corrected chi connectivity index (χ0v) is 10.2. The molecule has 0 aromatic rings. The van der Waals surface area contributed by atoms with E-state index in [1.165, 1.54) is 32.6 Å². The highest BCUT2D eigenvalue weighted by atomic mass is 15.2. The Morgan fingerprint density at radius 3 is 1.64 bits per heavy atom. The van der Waals surface area contributed by atoms with Crippen molar-refractivity contribution in [3.63, 3.8) is 0 Å². The van der Waals surface area contributed by atoms with Crippen LogP contribution in [-0.2, 0) is 0 Å². The van der Waals surface area contributed by atoms with Gasteiger partial charge in [-0.3, -0.25) is 0 Å². The maximum atomic E-state index is 3.24. The monoisotopic (exact) mass is 198 g/mol. The van der Waals surface area contributed by atoms with Crippen LogP contribution < -0.4 is 5.32 Å². The lowest BCUT2D eigenvalue weighted by molar-refractivity contribution is 0.138. The van der Waals surface area contributed by atoms with E-state index in [0.717, 1.165) is 17.9 Å². The molecule has 0 spiro atoms. The molecule has 14 heavy (non-hydrogen) atoms. The largest absolute Gasteiger partial charge is 0.316 e. The van der Waals surface area contributed by atoms with Gasteiger partial charge in [0.15, 0.2) is 0 Å². The van der Waals surface area contributed by atoms with E-state index in [4.69, 9.17) is 0 Å². The highest BCUT2D eigenvalue weighted by Gasteiger charge is 2.19. The molecular weight excluding hydrogens is 172 g/mol. The van der Waals surface area contributed by atoms with Gasteiger partial charge in [0.25, 0.3) is 0 Å². The van der Waals surface area contributed by atoms with E-state index in [-0.39, 0.29) is 0 Å². The first-order valence-electron chi connectivity index (χ1n) is 6.06. The molecule has 84 valence electrons. The predicted octanol–water partition coefficient (Wildman–Crippen LogP) is 1.96. The summed E-state index contributed by atoms with van der Waals surface area (Å²) in [5.74, 6) is 1.86. The van der Waals surface area contributed by atoms with Crippen LogP contribution in [0.25, 0.3) is 0 Å². The van der Waals surface area contributed by atoms with E-state index in [0.29, 0.717) is 0 Å². The van der Waals surface area contributed by atoms with Crippen molar-refractivity contribution >= 4 is 0 Å². The van der Waals surface area contributed by atoms with Crippen LogP contribution in [0, 0.1) is 11.8 Å². The van der Waals surface area contributed by atoms with Crippen LogP contribution in [0.3, 0.4) is 0 Å². The summed E-state index contributed by atoms with van der Waals surface area (Å²) < 4.78 is 0. The lowest BCUT2D eigenvalue weighted by Gasteiger charge is -2.34. The van der Waals surface area contributed by atoms with Crippen molar-refractivity contribution in [3.8, 4) is 0 Å². The quantitative estimate of drug-likeness (QED) is 0.730. The summed E-state index contributed by atoms with van der Waals surface area (Å²) in [6, 6.07) is 0.786. The smallest absolute Gasteiger partial charge is 0.00386 e. The highest BCUT2D eigenvalue weighted by molar-refractivity contribution is 4.76. The lowest BCUT2D eigenvalue weighted by atomic mass is 9.91. The van der Waals surface area contributed by atoms with Crippen molar-refractivity contribution in [2.24, 2.45) is 11.8 Å². The maximum absolute atomic E-state index is 3.24.